The van der Waals surface area contributed by atoms with Gasteiger partial charge in [0.2, 0.25) is 0 Å². The highest BCUT2D eigenvalue weighted by molar-refractivity contribution is 6.46. The van der Waals surface area contributed by atoms with Crippen molar-refractivity contribution in [2.24, 2.45) is 0 Å². The van der Waals surface area contributed by atoms with Crippen LogP contribution in [0, 0.1) is 13.8 Å². The highest BCUT2D eigenvalue weighted by atomic mass is 35.5. The molecule has 0 atom stereocenters. The molecule has 0 radical (unpaired) electrons. The number of anilines is 2. The summed E-state index contributed by atoms with van der Waals surface area (Å²) in [6.07, 6.45) is 0.901. The van der Waals surface area contributed by atoms with Gasteiger partial charge in [-0.1, -0.05) is 54.9 Å². The lowest BCUT2D eigenvalue weighted by Gasteiger charge is -2.17. The van der Waals surface area contributed by atoms with E-state index in [0.717, 1.165) is 17.5 Å². The predicted octanol–water partition coefficient (Wildman–Crippen LogP) is 6.14. The fourth-order valence-electron chi connectivity index (χ4n) is 3.70. The normalized spacial score (nSPS) is 13.6. The van der Waals surface area contributed by atoms with Crippen LogP contribution < -0.4 is 15.0 Å². The number of rotatable bonds is 7. The quantitative estimate of drug-likeness (QED) is 0.430. The first-order valence-electron chi connectivity index (χ1n) is 10.9. The van der Waals surface area contributed by atoms with E-state index in [0.29, 0.717) is 39.9 Å². The van der Waals surface area contributed by atoms with Crippen LogP contribution in [0.3, 0.4) is 0 Å². The molecule has 0 aromatic heterocycles. The molecule has 4 rings (SSSR count). The standard InChI is InChI=1S/C27H25ClN2O3/c1-4-15-33-21-13-10-19(11-14-21)24-25(29-20-12-9-17(2)22(28)16-20)27(32)30(26(24)31)23-8-6-5-7-18(23)3/h5-14,16,29H,4,15H2,1-3H3. The van der Waals surface area contributed by atoms with Crippen molar-refractivity contribution in [2.75, 3.05) is 16.8 Å². The number of imide groups is 1. The minimum atomic E-state index is -0.410. The first-order chi connectivity index (χ1) is 15.9. The van der Waals surface area contributed by atoms with Crippen molar-refractivity contribution >= 4 is 40.4 Å². The number of hydrogen-bond donors (Lipinski definition) is 1. The Bertz CT molecular complexity index is 1250. The molecule has 1 heterocycles. The number of aryl methyl sites for hydroxylation is 2. The number of ether oxygens (including phenoxy) is 1. The summed E-state index contributed by atoms with van der Waals surface area (Å²) in [4.78, 5) is 28.4. The number of carbonyl (C=O) groups excluding carboxylic acids is 2. The second-order valence-corrected chi connectivity index (χ2v) is 8.35. The van der Waals surface area contributed by atoms with Crippen LogP contribution in [0.1, 0.15) is 30.0 Å². The number of carbonyl (C=O) groups is 2. The molecule has 3 aromatic carbocycles. The Labute approximate surface area is 198 Å². The average molecular weight is 461 g/mol. The number of nitrogens with one attached hydrogen (secondary N) is 1. The third-order valence-electron chi connectivity index (χ3n) is 5.50. The van der Waals surface area contributed by atoms with E-state index in [-0.39, 0.29) is 11.6 Å². The fraction of sp³-hybridized carbons (Fsp3) is 0.185. The number of para-hydroxylation sites is 1. The predicted molar refractivity (Wildman–Crippen MR) is 133 cm³/mol. The van der Waals surface area contributed by atoms with Gasteiger partial charge in [-0.25, -0.2) is 4.90 Å². The van der Waals surface area contributed by atoms with E-state index in [4.69, 9.17) is 16.3 Å². The molecule has 0 unspecified atom stereocenters. The lowest BCUT2D eigenvalue weighted by atomic mass is 10.0. The zero-order chi connectivity index (χ0) is 23.5. The van der Waals surface area contributed by atoms with Gasteiger partial charge < -0.3 is 10.1 Å². The van der Waals surface area contributed by atoms with Crippen LogP contribution in [-0.2, 0) is 9.59 Å². The average Bonchev–Trinajstić information content (AvgIpc) is 3.05. The van der Waals surface area contributed by atoms with Gasteiger partial charge in [0.05, 0.1) is 17.9 Å². The van der Waals surface area contributed by atoms with Gasteiger partial charge in [0.25, 0.3) is 11.8 Å². The van der Waals surface area contributed by atoms with Crippen molar-refractivity contribution in [1.82, 2.24) is 0 Å². The van der Waals surface area contributed by atoms with Gasteiger partial charge in [-0.2, -0.15) is 0 Å². The molecule has 0 saturated carbocycles. The summed E-state index contributed by atoms with van der Waals surface area (Å²) in [6.45, 7) is 6.43. The summed E-state index contributed by atoms with van der Waals surface area (Å²) in [5.74, 6) is -0.0712. The second-order valence-electron chi connectivity index (χ2n) is 7.94. The van der Waals surface area contributed by atoms with Gasteiger partial charge in [0.15, 0.2) is 0 Å². The highest BCUT2D eigenvalue weighted by Gasteiger charge is 2.40. The molecule has 33 heavy (non-hydrogen) atoms. The van der Waals surface area contributed by atoms with Gasteiger partial charge in [-0.05, 0) is 67.3 Å². The first kappa shape index (κ1) is 22.6. The largest absolute Gasteiger partial charge is 0.494 e. The monoisotopic (exact) mass is 460 g/mol. The maximum Gasteiger partial charge on any atom is 0.282 e. The topological polar surface area (TPSA) is 58.6 Å². The van der Waals surface area contributed by atoms with Gasteiger partial charge in [-0.15, -0.1) is 0 Å². The van der Waals surface area contributed by atoms with Crippen molar-refractivity contribution in [2.45, 2.75) is 27.2 Å². The summed E-state index contributed by atoms with van der Waals surface area (Å²) in [5.41, 5.74) is 4.11. The van der Waals surface area contributed by atoms with Gasteiger partial charge in [-0.3, -0.25) is 9.59 Å². The molecule has 0 aliphatic carbocycles. The molecular weight excluding hydrogens is 436 g/mol. The molecular formula is C27H25ClN2O3. The number of benzene rings is 3. The molecule has 168 valence electrons. The van der Waals surface area contributed by atoms with E-state index in [1.165, 1.54) is 4.90 Å². The third-order valence-corrected chi connectivity index (χ3v) is 5.90. The Balaban J connectivity index is 1.78. The number of nitrogens with zero attached hydrogens (tertiary/aromatic N) is 1. The van der Waals surface area contributed by atoms with E-state index in [1.54, 1.807) is 24.3 Å². The van der Waals surface area contributed by atoms with Crippen LogP contribution in [0.5, 0.6) is 5.75 Å². The van der Waals surface area contributed by atoms with E-state index in [2.05, 4.69) is 5.32 Å². The van der Waals surface area contributed by atoms with E-state index < -0.39 is 5.91 Å². The molecule has 1 aliphatic rings. The minimum Gasteiger partial charge on any atom is -0.494 e. The third kappa shape index (κ3) is 4.50. The molecule has 0 fully saturated rings. The van der Waals surface area contributed by atoms with Crippen molar-refractivity contribution in [3.05, 3.63) is 94.1 Å². The van der Waals surface area contributed by atoms with Gasteiger partial charge in [0.1, 0.15) is 11.4 Å². The Hall–Kier alpha value is -3.57. The molecule has 5 nitrogen and oxygen atoms in total. The van der Waals surface area contributed by atoms with Crippen molar-refractivity contribution in [1.29, 1.82) is 0 Å². The van der Waals surface area contributed by atoms with Crippen LogP contribution in [0.15, 0.2) is 72.4 Å². The Morgan fingerprint density at radius 3 is 2.30 bits per heavy atom. The Kier molecular flexibility index (Phi) is 6.52. The Morgan fingerprint density at radius 1 is 0.909 bits per heavy atom. The van der Waals surface area contributed by atoms with Crippen molar-refractivity contribution < 1.29 is 14.3 Å². The number of halogens is 1. The molecule has 1 N–H and O–H groups in total. The molecule has 0 bridgehead atoms. The fourth-order valence-corrected chi connectivity index (χ4v) is 3.88. The summed E-state index contributed by atoms with van der Waals surface area (Å²) in [5, 5.41) is 3.73. The number of amides is 2. The van der Waals surface area contributed by atoms with Gasteiger partial charge in [0, 0.05) is 10.7 Å². The zero-order valence-electron chi connectivity index (χ0n) is 18.8. The van der Waals surface area contributed by atoms with Crippen LogP contribution >= 0.6 is 11.6 Å². The second kappa shape index (κ2) is 9.51. The summed E-state index contributed by atoms with van der Waals surface area (Å²) in [7, 11) is 0. The molecule has 1 aliphatic heterocycles. The summed E-state index contributed by atoms with van der Waals surface area (Å²) < 4.78 is 5.67. The van der Waals surface area contributed by atoms with Crippen LogP contribution in [0.4, 0.5) is 11.4 Å². The lowest BCUT2D eigenvalue weighted by molar-refractivity contribution is -0.120. The van der Waals surface area contributed by atoms with Gasteiger partial charge >= 0.3 is 0 Å². The lowest BCUT2D eigenvalue weighted by Crippen LogP contribution is -2.33. The van der Waals surface area contributed by atoms with Crippen LogP contribution in [-0.4, -0.2) is 18.4 Å². The zero-order valence-corrected chi connectivity index (χ0v) is 19.6. The SMILES string of the molecule is CCCOc1ccc(C2=C(Nc3ccc(C)c(Cl)c3)C(=O)N(c3ccccc3C)C2=O)cc1. The maximum atomic E-state index is 13.6. The van der Waals surface area contributed by atoms with Crippen LogP contribution in [0.2, 0.25) is 5.02 Å². The van der Waals surface area contributed by atoms with E-state index in [9.17, 15) is 9.59 Å². The van der Waals surface area contributed by atoms with E-state index >= 15 is 0 Å². The minimum absolute atomic E-state index is 0.213. The summed E-state index contributed by atoms with van der Waals surface area (Å²) in [6, 6.07) is 20.0. The smallest absolute Gasteiger partial charge is 0.282 e. The highest BCUT2D eigenvalue weighted by Crippen LogP contribution is 2.36. The summed E-state index contributed by atoms with van der Waals surface area (Å²) >= 11 is 6.29. The van der Waals surface area contributed by atoms with E-state index in [1.807, 2.05) is 63.2 Å². The molecule has 0 saturated heterocycles. The maximum absolute atomic E-state index is 13.6. The molecule has 6 heteroatoms. The Morgan fingerprint density at radius 2 is 1.64 bits per heavy atom. The molecule has 2 amide bonds. The number of hydrogen-bond acceptors (Lipinski definition) is 4. The van der Waals surface area contributed by atoms with Crippen molar-refractivity contribution in [3.63, 3.8) is 0 Å². The first-order valence-corrected chi connectivity index (χ1v) is 11.2. The molecule has 3 aromatic rings. The van der Waals surface area contributed by atoms with Crippen molar-refractivity contribution in [3.8, 4) is 5.75 Å². The molecule has 0 spiro atoms. The van der Waals surface area contributed by atoms with Crippen LogP contribution in [0.25, 0.3) is 5.57 Å².